The highest BCUT2D eigenvalue weighted by atomic mass is 16.5. The van der Waals surface area contributed by atoms with Gasteiger partial charge < -0.3 is 10.5 Å². The molecule has 1 saturated heterocycles. The summed E-state index contributed by atoms with van der Waals surface area (Å²) in [6.07, 6.45) is 6.54. The van der Waals surface area contributed by atoms with Crippen LogP contribution in [0, 0.1) is 6.92 Å². The third kappa shape index (κ3) is 4.21. The Hall–Kier alpha value is -1.06. The second-order valence-corrected chi connectivity index (χ2v) is 6.29. The van der Waals surface area contributed by atoms with Crippen molar-refractivity contribution in [1.82, 2.24) is 4.90 Å². The fourth-order valence-corrected chi connectivity index (χ4v) is 3.46. The Labute approximate surface area is 129 Å². The van der Waals surface area contributed by atoms with Gasteiger partial charge in [-0.1, -0.05) is 37.5 Å². The van der Waals surface area contributed by atoms with E-state index >= 15 is 0 Å². The van der Waals surface area contributed by atoms with E-state index < -0.39 is 0 Å². The standard InChI is InChI=1S/C18H30N2O/c1-4-7-15-8-5-6-11-20(15)13-17(19)16-12-14(2)9-10-18(16)21-3/h9-10,12,15,17H,4-8,11,13,19H2,1-3H3. The molecule has 3 nitrogen and oxygen atoms in total. The number of nitrogens with two attached hydrogens (primary N) is 1. The minimum atomic E-state index is 0.0253. The van der Waals surface area contributed by atoms with Crippen LogP contribution >= 0.6 is 0 Å². The summed E-state index contributed by atoms with van der Waals surface area (Å²) in [5.41, 5.74) is 8.89. The number of likely N-dealkylation sites (tertiary alicyclic amines) is 1. The maximum atomic E-state index is 6.51. The van der Waals surface area contributed by atoms with Crippen molar-refractivity contribution in [3.05, 3.63) is 29.3 Å². The molecule has 1 heterocycles. The molecule has 0 spiro atoms. The van der Waals surface area contributed by atoms with Crippen LogP contribution < -0.4 is 10.5 Å². The molecule has 2 unspecified atom stereocenters. The van der Waals surface area contributed by atoms with Crippen molar-refractivity contribution < 1.29 is 4.74 Å². The summed E-state index contributed by atoms with van der Waals surface area (Å²) in [6, 6.07) is 7.02. The zero-order valence-corrected chi connectivity index (χ0v) is 13.8. The topological polar surface area (TPSA) is 38.5 Å². The number of aryl methyl sites for hydroxylation is 1. The van der Waals surface area contributed by atoms with Crippen molar-refractivity contribution in [1.29, 1.82) is 0 Å². The first-order chi connectivity index (χ1) is 10.2. The van der Waals surface area contributed by atoms with Gasteiger partial charge in [0.2, 0.25) is 0 Å². The average molecular weight is 290 g/mol. The van der Waals surface area contributed by atoms with E-state index in [0.29, 0.717) is 6.04 Å². The second-order valence-electron chi connectivity index (χ2n) is 6.29. The molecular formula is C18H30N2O. The summed E-state index contributed by atoms with van der Waals surface area (Å²) >= 11 is 0. The molecule has 21 heavy (non-hydrogen) atoms. The smallest absolute Gasteiger partial charge is 0.123 e. The number of nitrogens with zero attached hydrogens (tertiary/aromatic N) is 1. The van der Waals surface area contributed by atoms with Crippen molar-refractivity contribution in [3.8, 4) is 5.75 Å². The van der Waals surface area contributed by atoms with Crippen LogP contribution in [0.25, 0.3) is 0 Å². The predicted molar refractivity (Wildman–Crippen MR) is 88.8 cm³/mol. The molecule has 118 valence electrons. The van der Waals surface area contributed by atoms with Gasteiger partial charge in [-0.15, -0.1) is 0 Å². The monoisotopic (exact) mass is 290 g/mol. The van der Waals surface area contributed by atoms with Crippen molar-refractivity contribution in [2.45, 2.75) is 58.0 Å². The normalized spacial score (nSPS) is 21.2. The second kappa shape index (κ2) is 7.81. The van der Waals surface area contributed by atoms with E-state index in [-0.39, 0.29) is 6.04 Å². The highest BCUT2D eigenvalue weighted by molar-refractivity contribution is 5.39. The lowest BCUT2D eigenvalue weighted by Crippen LogP contribution is -2.43. The molecule has 0 amide bonds. The average Bonchev–Trinajstić information content (AvgIpc) is 2.49. The van der Waals surface area contributed by atoms with Crippen molar-refractivity contribution in [3.63, 3.8) is 0 Å². The Kier molecular flexibility index (Phi) is 6.07. The van der Waals surface area contributed by atoms with E-state index in [4.69, 9.17) is 10.5 Å². The Morgan fingerprint density at radius 3 is 2.90 bits per heavy atom. The van der Waals surface area contributed by atoms with E-state index in [1.807, 2.05) is 6.07 Å². The SMILES string of the molecule is CCCC1CCCCN1CC(N)c1cc(C)ccc1OC. The van der Waals surface area contributed by atoms with Crippen molar-refractivity contribution in [2.75, 3.05) is 20.2 Å². The quantitative estimate of drug-likeness (QED) is 0.869. The van der Waals surface area contributed by atoms with Gasteiger partial charge in [0.05, 0.1) is 7.11 Å². The number of hydrogen-bond donors (Lipinski definition) is 1. The first-order valence-electron chi connectivity index (χ1n) is 8.29. The molecule has 0 bridgehead atoms. The highest BCUT2D eigenvalue weighted by Gasteiger charge is 2.24. The fourth-order valence-electron chi connectivity index (χ4n) is 3.46. The Morgan fingerprint density at radius 2 is 2.19 bits per heavy atom. The zero-order valence-electron chi connectivity index (χ0n) is 13.8. The van der Waals surface area contributed by atoms with E-state index in [0.717, 1.165) is 17.9 Å². The lowest BCUT2D eigenvalue weighted by atomic mass is 9.96. The van der Waals surface area contributed by atoms with Gasteiger partial charge in [0.15, 0.2) is 0 Å². The molecule has 1 aromatic rings. The predicted octanol–water partition coefficient (Wildman–Crippen LogP) is 3.66. The Morgan fingerprint density at radius 1 is 1.38 bits per heavy atom. The van der Waals surface area contributed by atoms with Gasteiger partial charge in [0.1, 0.15) is 5.75 Å². The van der Waals surface area contributed by atoms with Crippen LogP contribution in [0.3, 0.4) is 0 Å². The van der Waals surface area contributed by atoms with Gasteiger partial charge in [0.25, 0.3) is 0 Å². The molecule has 1 fully saturated rings. The minimum absolute atomic E-state index is 0.0253. The Balaban J connectivity index is 2.09. The molecule has 2 atom stereocenters. The molecule has 2 rings (SSSR count). The fraction of sp³-hybridized carbons (Fsp3) is 0.667. The zero-order chi connectivity index (χ0) is 15.2. The molecule has 1 aliphatic heterocycles. The molecule has 2 N–H and O–H groups in total. The van der Waals surface area contributed by atoms with Gasteiger partial charge in [-0.05, 0) is 38.8 Å². The minimum Gasteiger partial charge on any atom is -0.496 e. The first kappa shape index (κ1) is 16.3. The third-order valence-electron chi connectivity index (χ3n) is 4.59. The first-order valence-corrected chi connectivity index (χ1v) is 8.29. The van der Waals surface area contributed by atoms with Crippen LogP contribution in [0.2, 0.25) is 0 Å². The number of benzene rings is 1. The lowest BCUT2D eigenvalue weighted by Gasteiger charge is -2.37. The summed E-state index contributed by atoms with van der Waals surface area (Å²) in [5.74, 6) is 0.914. The Bertz CT molecular complexity index is 445. The summed E-state index contributed by atoms with van der Waals surface area (Å²) in [7, 11) is 1.72. The lowest BCUT2D eigenvalue weighted by molar-refractivity contribution is 0.131. The van der Waals surface area contributed by atoms with Crippen LogP contribution in [-0.4, -0.2) is 31.1 Å². The molecule has 1 aromatic carbocycles. The summed E-state index contributed by atoms with van der Waals surface area (Å²) < 4.78 is 5.49. The number of rotatable bonds is 6. The largest absolute Gasteiger partial charge is 0.496 e. The van der Waals surface area contributed by atoms with Gasteiger partial charge in [-0.3, -0.25) is 4.90 Å². The number of hydrogen-bond acceptors (Lipinski definition) is 3. The summed E-state index contributed by atoms with van der Waals surface area (Å²) in [4.78, 5) is 2.60. The molecular weight excluding hydrogens is 260 g/mol. The van der Waals surface area contributed by atoms with Crippen molar-refractivity contribution in [2.24, 2.45) is 5.73 Å². The van der Waals surface area contributed by atoms with Gasteiger partial charge in [-0.25, -0.2) is 0 Å². The van der Waals surface area contributed by atoms with E-state index in [1.54, 1.807) is 7.11 Å². The van der Waals surface area contributed by atoms with Crippen LogP contribution in [-0.2, 0) is 0 Å². The number of piperidine rings is 1. The molecule has 0 radical (unpaired) electrons. The maximum absolute atomic E-state index is 6.51. The third-order valence-corrected chi connectivity index (χ3v) is 4.59. The van der Waals surface area contributed by atoms with Crippen LogP contribution in [0.1, 0.15) is 56.2 Å². The molecule has 0 saturated carbocycles. The van der Waals surface area contributed by atoms with E-state index in [1.165, 1.54) is 44.2 Å². The number of ether oxygens (including phenoxy) is 1. The summed E-state index contributed by atoms with van der Waals surface area (Å²) in [5, 5.41) is 0. The van der Waals surface area contributed by atoms with Crippen LogP contribution in [0.5, 0.6) is 5.75 Å². The van der Waals surface area contributed by atoms with Crippen LogP contribution in [0.4, 0.5) is 0 Å². The van der Waals surface area contributed by atoms with Gasteiger partial charge in [-0.2, -0.15) is 0 Å². The van der Waals surface area contributed by atoms with E-state index in [9.17, 15) is 0 Å². The molecule has 3 heteroatoms. The number of methoxy groups -OCH3 is 1. The molecule has 0 aromatic heterocycles. The van der Waals surface area contributed by atoms with Crippen molar-refractivity contribution >= 4 is 0 Å². The van der Waals surface area contributed by atoms with Gasteiger partial charge >= 0.3 is 0 Å². The summed E-state index contributed by atoms with van der Waals surface area (Å²) in [6.45, 7) is 6.50. The molecule has 1 aliphatic rings. The van der Waals surface area contributed by atoms with Crippen LogP contribution in [0.15, 0.2) is 18.2 Å². The highest BCUT2D eigenvalue weighted by Crippen LogP contribution is 2.28. The van der Waals surface area contributed by atoms with E-state index in [2.05, 4.69) is 30.9 Å². The molecule has 0 aliphatic carbocycles. The van der Waals surface area contributed by atoms with Gasteiger partial charge in [0, 0.05) is 24.2 Å². The maximum Gasteiger partial charge on any atom is 0.123 e.